The van der Waals surface area contributed by atoms with E-state index in [1.54, 1.807) is 14.2 Å². The van der Waals surface area contributed by atoms with Crippen LogP contribution in [0.1, 0.15) is 38.8 Å². The Bertz CT molecular complexity index is 1440. The molecule has 3 aromatic carbocycles. The number of hydrogen-bond donors (Lipinski definition) is 1. The van der Waals surface area contributed by atoms with Crippen molar-refractivity contribution >= 4 is 23.4 Å². The standard InChI is InChI=1S/C30H33N5O3S/c1-20(21-9-15-25(37-5)16-10-21)31-32-27(36)19-39-29-34-33-28(22-7-11-23(12-8-22)30(2,3)4)35(29)24-13-17-26(38-6)18-14-24/h7-18H,19H2,1-6H3,(H,32,36). The van der Waals surface area contributed by atoms with Crippen molar-refractivity contribution in [3.8, 4) is 28.6 Å². The third-order valence-electron chi connectivity index (χ3n) is 6.16. The first-order valence-corrected chi connectivity index (χ1v) is 13.5. The predicted molar refractivity (Wildman–Crippen MR) is 156 cm³/mol. The zero-order valence-electron chi connectivity index (χ0n) is 23.1. The Balaban J connectivity index is 1.54. The van der Waals surface area contributed by atoms with Crippen LogP contribution in [0.4, 0.5) is 0 Å². The van der Waals surface area contributed by atoms with Gasteiger partial charge in [-0.2, -0.15) is 5.10 Å². The summed E-state index contributed by atoms with van der Waals surface area (Å²) in [4.78, 5) is 12.7. The molecule has 8 nitrogen and oxygen atoms in total. The largest absolute Gasteiger partial charge is 0.497 e. The van der Waals surface area contributed by atoms with Gasteiger partial charge in [0.1, 0.15) is 11.5 Å². The predicted octanol–water partition coefficient (Wildman–Crippen LogP) is 5.88. The van der Waals surface area contributed by atoms with Gasteiger partial charge >= 0.3 is 0 Å². The van der Waals surface area contributed by atoms with E-state index >= 15 is 0 Å². The molecule has 0 saturated carbocycles. The number of benzene rings is 3. The fourth-order valence-electron chi connectivity index (χ4n) is 3.84. The molecule has 9 heteroatoms. The third kappa shape index (κ3) is 6.86. The molecule has 0 saturated heterocycles. The van der Waals surface area contributed by atoms with Gasteiger partial charge in [-0.05, 0) is 72.0 Å². The van der Waals surface area contributed by atoms with Gasteiger partial charge in [0.15, 0.2) is 11.0 Å². The first-order chi connectivity index (χ1) is 18.7. The first kappa shape index (κ1) is 27.9. The van der Waals surface area contributed by atoms with E-state index in [-0.39, 0.29) is 17.1 Å². The van der Waals surface area contributed by atoms with Gasteiger partial charge in [-0.25, -0.2) is 5.43 Å². The molecule has 0 aliphatic rings. The summed E-state index contributed by atoms with van der Waals surface area (Å²) in [6.07, 6.45) is 0. The van der Waals surface area contributed by atoms with Gasteiger partial charge in [0, 0.05) is 11.3 Å². The highest BCUT2D eigenvalue weighted by Crippen LogP contribution is 2.30. The van der Waals surface area contributed by atoms with Crippen molar-refractivity contribution in [2.24, 2.45) is 5.10 Å². The summed E-state index contributed by atoms with van der Waals surface area (Å²) in [5.41, 5.74) is 7.30. The summed E-state index contributed by atoms with van der Waals surface area (Å²) in [7, 11) is 3.25. The fraction of sp³-hybridized carbons (Fsp3) is 0.267. The second-order valence-corrected chi connectivity index (χ2v) is 10.9. The molecular formula is C30H33N5O3S. The van der Waals surface area contributed by atoms with E-state index in [1.807, 2.05) is 60.0 Å². The van der Waals surface area contributed by atoms with Crippen LogP contribution in [0.5, 0.6) is 11.5 Å². The molecule has 0 fully saturated rings. The van der Waals surface area contributed by atoms with Crippen molar-refractivity contribution in [1.29, 1.82) is 0 Å². The molecule has 0 radical (unpaired) electrons. The molecule has 0 atom stereocenters. The van der Waals surface area contributed by atoms with E-state index < -0.39 is 0 Å². The highest BCUT2D eigenvalue weighted by atomic mass is 32.2. The van der Waals surface area contributed by atoms with Gasteiger partial charge in [-0.3, -0.25) is 9.36 Å². The number of methoxy groups -OCH3 is 2. The number of hydrazone groups is 1. The molecule has 4 rings (SSSR count). The van der Waals surface area contributed by atoms with Crippen LogP contribution in [0.15, 0.2) is 83.1 Å². The second-order valence-electron chi connectivity index (χ2n) is 9.92. The average Bonchev–Trinajstić information content (AvgIpc) is 3.38. The number of ether oxygens (including phenoxy) is 2. The number of rotatable bonds is 9. The maximum atomic E-state index is 12.7. The summed E-state index contributed by atoms with van der Waals surface area (Å²) in [6, 6.07) is 23.5. The second kappa shape index (κ2) is 12.2. The van der Waals surface area contributed by atoms with Crippen molar-refractivity contribution in [3.05, 3.63) is 83.9 Å². The Kier molecular flexibility index (Phi) is 8.71. The van der Waals surface area contributed by atoms with Gasteiger partial charge in [0.2, 0.25) is 0 Å². The summed E-state index contributed by atoms with van der Waals surface area (Å²) in [5, 5.41) is 13.8. The molecule has 39 heavy (non-hydrogen) atoms. The lowest BCUT2D eigenvalue weighted by molar-refractivity contribution is -0.118. The van der Waals surface area contributed by atoms with Crippen molar-refractivity contribution in [2.45, 2.75) is 38.3 Å². The van der Waals surface area contributed by atoms with Crippen LogP contribution >= 0.6 is 11.8 Å². The van der Waals surface area contributed by atoms with Crippen LogP contribution < -0.4 is 14.9 Å². The van der Waals surface area contributed by atoms with E-state index in [2.05, 4.69) is 65.8 Å². The van der Waals surface area contributed by atoms with Crippen molar-refractivity contribution in [2.75, 3.05) is 20.0 Å². The highest BCUT2D eigenvalue weighted by molar-refractivity contribution is 7.99. The molecule has 0 aliphatic heterocycles. The lowest BCUT2D eigenvalue weighted by atomic mass is 9.87. The molecule has 0 bridgehead atoms. The minimum absolute atomic E-state index is 0.0464. The van der Waals surface area contributed by atoms with E-state index in [4.69, 9.17) is 9.47 Å². The van der Waals surface area contributed by atoms with E-state index in [0.29, 0.717) is 16.7 Å². The topological polar surface area (TPSA) is 90.6 Å². The molecule has 1 N–H and O–H groups in total. The number of aromatic nitrogens is 3. The summed E-state index contributed by atoms with van der Waals surface area (Å²) in [5.74, 6) is 2.08. The van der Waals surface area contributed by atoms with Crippen LogP contribution in [0.3, 0.4) is 0 Å². The lowest BCUT2D eigenvalue weighted by Gasteiger charge is -2.19. The van der Waals surface area contributed by atoms with E-state index in [9.17, 15) is 4.79 Å². The fourth-order valence-corrected chi connectivity index (χ4v) is 4.58. The molecule has 0 aliphatic carbocycles. The van der Waals surface area contributed by atoms with Crippen LogP contribution in [0.25, 0.3) is 17.1 Å². The van der Waals surface area contributed by atoms with Crippen LogP contribution in [-0.2, 0) is 10.2 Å². The molecular weight excluding hydrogens is 510 g/mol. The number of nitrogens with zero attached hydrogens (tertiary/aromatic N) is 4. The van der Waals surface area contributed by atoms with Gasteiger partial charge < -0.3 is 9.47 Å². The Hall–Kier alpha value is -4.11. The van der Waals surface area contributed by atoms with E-state index in [0.717, 1.165) is 28.3 Å². The molecule has 4 aromatic rings. The maximum Gasteiger partial charge on any atom is 0.250 e. The van der Waals surface area contributed by atoms with Gasteiger partial charge in [0.05, 0.1) is 25.7 Å². The van der Waals surface area contributed by atoms with Crippen molar-refractivity contribution in [1.82, 2.24) is 20.2 Å². The highest BCUT2D eigenvalue weighted by Gasteiger charge is 2.19. The first-order valence-electron chi connectivity index (χ1n) is 12.5. The van der Waals surface area contributed by atoms with Gasteiger partial charge in [0.25, 0.3) is 5.91 Å². The zero-order chi connectivity index (χ0) is 28.0. The smallest absolute Gasteiger partial charge is 0.250 e. The Labute approximate surface area is 233 Å². The minimum atomic E-state index is -0.242. The molecule has 0 spiro atoms. The third-order valence-corrected chi connectivity index (χ3v) is 7.09. The number of amides is 1. The van der Waals surface area contributed by atoms with E-state index in [1.165, 1.54) is 17.3 Å². The van der Waals surface area contributed by atoms with Gasteiger partial charge in [-0.1, -0.05) is 56.8 Å². The molecule has 1 aromatic heterocycles. The Morgan fingerprint density at radius 1 is 0.897 bits per heavy atom. The number of nitrogens with one attached hydrogen (secondary N) is 1. The molecule has 202 valence electrons. The SMILES string of the molecule is COc1ccc(C(C)=NNC(=O)CSc2nnc(-c3ccc(C(C)(C)C)cc3)n2-c2ccc(OC)cc2)cc1. The van der Waals surface area contributed by atoms with Crippen LogP contribution in [0, 0.1) is 0 Å². The zero-order valence-corrected chi connectivity index (χ0v) is 23.9. The molecule has 1 amide bonds. The average molecular weight is 544 g/mol. The maximum absolute atomic E-state index is 12.7. The lowest BCUT2D eigenvalue weighted by Crippen LogP contribution is -2.21. The number of carbonyl (C=O) groups is 1. The summed E-state index contributed by atoms with van der Waals surface area (Å²) >= 11 is 1.30. The molecule has 0 unspecified atom stereocenters. The van der Waals surface area contributed by atoms with Gasteiger partial charge in [-0.15, -0.1) is 10.2 Å². The summed E-state index contributed by atoms with van der Waals surface area (Å²) < 4.78 is 12.5. The number of hydrogen-bond acceptors (Lipinski definition) is 7. The summed E-state index contributed by atoms with van der Waals surface area (Å²) in [6.45, 7) is 8.39. The molecule has 1 heterocycles. The van der Waals surface area contributed by atoms with Crippen LogP contribution in [0.2, 0.25) is 0 Å². The van der Waals surface area contributed by atoms with Crippen molar-refractivity contribution < 1.29 is 14.3 Å². The normalized spacial score (nSPS) is 11.8. The Morgan fingerprint density at radius 3 is 2.05 bits per heavy atom. The van der Waals surface area contributed by atoms with Crippen molar-refractivity contribution in [3.63, 3.8) is 0 Å². The quantitative estimate of drug-likeness (QED) is 0.161. The monoisotopic (exact) mass is 543 g/mol. The number of carbonyl (C=O) groups excluding carboxylic acids is 1. The number of thioether (sulfide) groups is 1. The minimum Gasteiger partial charge on any atom is -0.497 e. The Morgan fingerprint density at radius 2 is 1.49 bits per heavy atom. The van der Waals surface area contributed by atoms with Crippen LogP contribution in [-0.4, -0.2) is 46.4 Å².